The molecule has 2 rings (SSSR count). The Bertz CT molecular complexity index is 362. The molecule has 0 aromatic heterocycles. The first kappa shape index (κ1) is 15.3. The third kappa shape index (κ3) is 3.73. The molecule has 20 heavy (non-hydrogen) atoms. The molecule has 4 nitrogen and oxygen atoms in total. The van der Waals surface area contributed by atoms with Gasteiger partial charge < -0.3 is 5.32 Å². The van der Waals surface area contributed by atoms with Gasteiger partial charge in [0, 0.05) is 19.1 Å². The maximum Gasteiger partial charge on any atom is 0.240 e. The van der Waals surface area contributed by atoms with Crippen LogP contribution in [0.1, 0.15) is 58.3 Å². The molecule has 0 aromatic carbocycles. The van der Waals surface area contributed by atoms with Crippen molar-refractivity contribution < 1.29 is 4.79 Å². The Morgan fingerprint density at radius 2 is 1.95 bits per heavy atom. The fourth-order valence-corrected chi connectivity index (χ4v) is 3.24. The first-order valence-corrected chi connectivity index (χ1v) is 8.15. The third-order valence-corrected chi connectivity index (χ3v) is 4.76. The van der Waals surface area contributed by atoms with Crippen LogP contribution in [0.2, 0.25) is 0 Å². The fraction of sp³-hybridized carbons (Fsp3) is 0.875. The molecule has 0 bridgehead atoms. The number of amides is 1. The molecule has 0 saturated heterocycles. The summed E-state index contributed by atoms with van der Waals surface area (Å²) in [5.41, 5.74) is -0.757. The molecule has 2 aliphatic carbocycles. The normalized spacial score (nSPS) is 22.1. The van der Waals surface area contributed by atoms with Crippen LogP contribution in [0.4, 0.5) is 0 Å². The molecule has 1 amide bonds. The van der Waals surface area contributed by atoms with Crippen molar-refractivity contribution in [3.63, 3.8) is 0 Å². The monoisotopic (exact) mass is 277 g/mol. The van der Waals surface area contributed by atoms with Gasteiger partial charge in [-0.2, -0.15) is 5.26 Å². The van der Waals surface area contributed by atoms with Crippen molar-refractivity contribution in [3.8, 4) is 6.07 Å². The second kappa shape index (κ2) is 7.08. The standard InChI is InChI=1S/C16H27N3O/c1-2-19(14-7-8-14)12-11-18-15(20)16(13-17)9-5-3-4-6-10-16/h14H,2-12H2,1H3,(H,18,20). The number of likely N-dealkylation sites (N-methyl/N-ethyl adjacent to an activating group) is 1. The lowest BCUT2D eigenvalue weighted by Crippen LogP contribution is -2.43. The number of carbonyl (C=O) groups excluding carboxylic acids is 1. The quantitative estimate of drug-likeness (QED) is 0.759. The number of nitrogens with zero attached hydrogens (tertiary/aromatic N) is 2. The molecule has 0 unspecified atom stereocenters. The largest absolute Gasteiger partial charge is 0.353 e. The predicted molar refractivity (Wildman–Crippen MR) is 79.0 cm³/mol. The molecule has 2 fully saturated rings. The first-order chi connectivity index (χ1) is 9.72. The Morgan fingerprint density at radius 3 is 2.45 bits per heavy atom. The summed E-state index contributed by atoms with van der Waals surface area (Å²) in [5, 5.41) is 12.5. The second-order valence-electron chi connectivity index (χ2n) is 6.22. The lowest BCUT2D eigenvalue weighted by molar-refractivity contribution is -0.128. The van der Waals surface area contributed by atoms with E-state index in [2.05, 4.69) is 23.2 Å². The van der Waals surface area contributed by atoms with Crippen molar-refractivity contribution in [2.24, 2.45) is 5.41 Å². The molecule has 0 aromatic rings. The predicted octanol–water partition coefficient (Wildman–Crippen LogP) is 2.45. The zero-order valence-electron chi connectivity index (χ0n) is 12.7. The van der Waals surface area contributed by atoms with E-state index < -0.39 is 5.41 Å². The molecule has 112 valence electrons. The van der Waals surface area contributed by atoms with Gasteiger partial charge >= 0.3 is 0 Å². The van der Waals surface area contributed by atoms with Gasteiger partial charge in [-0.25, -0.2) is 0 Å². The van der Waals surface area contributed by atoms with Gasteiger partial charge in [-0.15, -0.1) is 0 Å². The SMILES string of the molecule is CCN(CCNC(=O)C1(C#N)CCCCCC1)C1CC1. The highest BCUT2D eigenvalue weighted by atomic mass is 16.2. The summed E-state index contributed by atoms with van der Waals surface area (Å²) in [4.78, 5) is 14.8. The Morgan fingerprint density at radius 1 is 1.30 bits per heavy atom. The summed E-state index contributed by atoms with van der Waals surface area (Å²) >= 11 is 0. The van der Waals surface area contributed by atoms with Crippen LogP contribution < -0.4 is 5.32 Å². The summed E-state index contributed by atoms with van der Waals surface area (Å²) < 4.78 is 0. The van der Waals surface area contributed by atoms with E-state index in [0.717, 1.165) is 57.7 Å². The molecule has 0 aliphatic heterocycles. The highest BCUT2D eigenvalue weighted by Crippen LogP contribution is 2.34. The van der Waals surface area contributed by atoms with Gasteiger partial charge in [0.2, 0.25) is 5.91 Å². The van der Waals surface area contributed by atoms with Gasteiger partial charge in [-0.3, -0.25) is 9.69 Å². The van der Waals surface area contributed by atoms with Crippen LogP contribution in [0.5, 0.6) is 0 Å². The van der Waals surface area contributed by atoms with Gasteiger partial charge in [0.15, 0.2) is 0 Å². The van der Waals surface area contributed by atoms with Crippen molar-refractivity contribution in [2.75, 3.05) is 19.6 Å². The minimum atomic E-state index is -0.757. The van der Waals surface area contributed by atoms with Crippen LogP contribution in [0.25, 0.3) is 0 Å². The Labute approximate surface area is 122 Å². The number of rotatable bonds is 6. The van der Waals surface area contributed by atoms with E-state index in [-0.39, 0.29) is 5.91 Å². The molecule has 1 N–H and O–H groups in total. The number of nitrogens with one attached hydrogen (secondary N) is 1. The molecular formula is C16H27N3O. The fourth-order valence-electron chi connectivity index (χ4n) is 3.24. The van der Waals surface area contributed by atoms with Gasteiger partial charge in [0.05, 0.1) is 6.07 Å². The van der Waals surface area contributed by atoms with Gasteiger partial charge in [0.1, 0.15) is 5.41 Å². The van der Waals surface area contributed by atoms with Crippen molar-refractivity contribution in [3.05, 3.63) is 0 Å². The zero-order chi connectivity index (χ0) is 14.4. The third-order valence-electron chi connectivity index (χ3n) is 4.76. The highest BCUT2D eigenvalue weighted by Gasteiger charge is 2.38. The van der Waals surface area contributed by atoms with Crippen LogP contribution in [0, 0.1) is 16.7 Å². The van der Waals surface area contributed by atoms with E-state index >= 15 is 0 Å². The van der Waals surface area contributed by atoms with Gasteiger partial charge in [-0.05, 0) is 32.2 Å². The van der Waals surface area contributed by atoms with E-state index in [0.29, 0.717) is 6.54 Å². The van der Waals surface area contributed by atoms with Crippen LogP contribution >= 0.6 is 0 Å². The summed E-state index contributed by atoms with van der Waals surface area (Å²) in [6, 6.07) is 3.05. The van der Waals surface area contributed by atoms with Crippen molar-refractivity contribution in [1.82, 2.24) is 10.2 Å². The van der Waals surface area contributed by atoms with E-state index in [1.807, 2.05) is 0 Å². The maximum absolute atomic E-state index is 12.4. The average molecular weight is 277 g/mol. The topological polar surface area (TPSA) is 56.1 Å². The molecule has 4 heteroatoms. The number of hydrogen-bond acceptors (Lipinski definition) is 3. The summed E-state index contributed by atoms with van der Waals surface area (Å²) in [6.07, 6.45) is 8.37. The minimum absolute atomic E-state index is 0.0336. The van der Waals surface area contributed by atoms with E-state index in [1.54, 1.807) is 0 Å². The molecule has 0 radical (unpaired) electrons. The number of nitriles is 1. The van der Waals surface area contributed by atoms with Crippen LogP contribution in [-0.4, -0.2) is 36.5 Å². The lowest BCUT2D eigenvalue weighted by Gasteiger charge is -2.25. The van der Waals surface area contributed by atoms with Crippen molar-refractivity contribution in [1.29, 1.82) is 5.26 Å². The van der Waals surface area contributed by atoms with Crippen molar-refractivity contribution >= 4 is 5.91 Å². The summed E-state index contributed by atoms with van der Waals surface area (Å²) in [6.45, 7) is 4.80. The highest BCUT2D eigenvalue weighted by molar-refractivity contribution is 5.85. The molecule has 2 aliphatic rings. The molecule has 0 spiro atoms. The number of carbonyl (C=O) groups is 1. The van der Waals surface area contributed by atoms with Crippen LogP contribution in [-0.2, 0) is 4.79 Å². The van der Waals surface area contributed by atoms with Crippen LogP contribution in [0.3, 0.4) is 0 Å². The average Bonchev–Trinajstić information content (AvgIpc) is 3.29. The van der Waals surface area contributed by atoms with Gasteiger partial charge in [0.25, 0.3) is 0 Å². The molecule has 0 heterocycles. The molecule has 2 saturated carbocycles. The Kier molecular flexibility index (Phi) is 5.42. The van der Waals surface area contributed by atoms with Gasteiger partial charge in [-0.1, -0.05) is 32.6 Å². The first-order valence-electron chi connectivity index (χ1n) is 8.15. The maximum atomic E-state index is 12.4. The molecular weight excluding hydrogens is 250 g/mol. The van der Waals surface area contributed by atoms with Crippen molar-refractivity contribution in [2.45, 2.75) is 64.3 Å². The van der Waals surface area contributed by atoms with Crippen LogP contribution in [0.15, 0.2) is 0 Å². The summed E-state index contributed by atoms with van der Waals surface area (Å²) in [7, 11) is 0. The Hall–Kier alpha value is -1.08. The molecule has 0 atom stereocenters. The lowest BCUT2D eigenvalue weighted by atomic mass is 9.81. The van der Waals surface area contributed by atoms with E-state index in [4.69, 9.17) is 0 Å². The van der Waals surface area contributed by atoms with E-state index in [9.17, 15) is 10.1 Å². The van der Waals surface area contributed by atoms with E-state index in [1.165, 1.54) is 12.8 Å². The zero-order valence-corrected chi connectivity index (χ0v) is 12.7. The Balaban J connectivity index is 1.81. The smallest absolute Gasteiger partial charge is 0.240 e. The number of hydrogen-bond donors (Lipinski definition) is 1. The summed E-state index contributed by atoms with van der Waals surface area (Å²) in [5.74, 6) is -0.0336. The minimum Gasteiger partial charge on any atom is -0.353 e. The second-order valence-corrected chi connectivity index (χ2v) is 6.22.